The highest BCUT2D eigenvalue weighted by atomic mass is 35.5. The number of halogens is 1. The molecule has 6 nitrogen and oxygen atoms in total. The summed E-state index contributed by atoms with van der Waals surface area (Å²) in [5, 5.41) is 12.0. The van der Waals surface area contributed by atoms with Gasteiger partial charge in [0, 0.05) is 22.5 Å². The van der Waals surface area contributed by atoms with Crippen LogP contribution >= 0.6 is 11.6 Å². The Morgan fingerprint density at radius 1 is 1.12 bits per heavy atom. The monoisotopic (exact) mass is 476 g/mol. The van der Waals surface area contributed by atoms with Crippen molar-refractivity contribution in [2.75, 3.05) is 12.0 Å². The van der Waals surface area contributed by atoms with E-state index in [-0.39, 0.29) is 17.3 Å². The zero-order valence-electron chi connectivity index (χ0n) is 19.4. The van der Waals surface area contributed by atoms with Crippen LogP contribution in [0.15, 0.2) is 66.4 Å². The highest BCUT2D eigenvalue weighted by molar-refractivity contribution is 6.51. The van der Waals surface area contributed by atoms with E-state index in [4.69, 9.17) is 16.3 Å². The number of ether oxygens (including phenoxy) is 1. The largest absolute Gasteiger partial charge is 0.507 e. The van der Waals surface area contributed by atoms with E-state index in [2.05, 4.69) is 4.98 Å². The van der Waals surface area contributed by atoms with E-state index in [0.29, 0.717) is 27.7 Å². The number of hydrogen-bond acceptors (Lipinski definition) is 5. The molecular weight excluding hydrogens is 452 g/mol. The number of anilines is 1. The molecule has 1 unspecified atom stereocenters. The second-order valence-corrected chi connectivity index (χ2v) is 8.90. The second-order valence-electron chi connectivity index (χ2n) is 8.46. The minimum atomic E-state index is -0.897. The zero-order chi connectivity index (χ0) is 24.6. The molecule has 174 valence electrons. The smallest absolute Gasteiger partial charge is 0.300 e. The van der Waals surface area contributed by atoms with E-state index in [1.54, 1.807) is 55.8 Å². The minimum absolute atomic E-state index is 0.0124. The molecule has 34 heavy (non-hydrogen) atoms. The quantitative estimate of drug-likeness (QED) is 0.286. The van der Waals surface area contributed by atoms with Crippen molar-refractivity contribution in [3.05, 3.63) is 93.8 Å². The van der Waals surface area contributed by atoms with E-state index in [1.165, 1.54) is 4.90 Å². The molecule has 1 fully saturated rings. The molecule has 4 rings (SSSR count). The first kappa shape index (κ1) is 23.5. The number of Topliss-reactive ketones (excluding diaryl/α,β-unsaturated/α-hetero) is 1. The van der Waals surface area contributed by atoms with Gasteiger partial charge in [-0.3, -0.25) is 19.5 Å². The number of pyridine rings is 1. The van der Waals surface area contributed by atoms with Crippen molar-refractivity contribution in [3.63, 3.8) is 0 Å². The number of benzene rings is 2. The molecule has 1 atom stereocenters. The van der Waals surface area contributed by atoms with Gasteiger partial charge >= 0.3 is 0 Å². The number of ketones is 1. The maximum absolute atomic E-state index is 13.3. The molecule has 1 amide bonds. The number of rotatable bonds is 5. The summed E-state index contributed by atoms with van der Waals surface area (Å²) in [4.78, 5) is 32.3. The summed E-state index contributed by atoms with van der Waals surface area (Å²) in [7, 11) is 1.60. The SMILES string of the molecule is COc1cc(C)c(/C(O)=C2\C(=O)C(=O)N(c3ccc(Cl)cc3)C2c2ccccn2)cc1C(C)C. The van der Waals surface area contributed by atoms with Crippen LogP contribution in [0.3, 0.4) is 0 Å². The minimum Gasteiger partial charge on any atom is -0.507 e. The molecule has 0 spiro atoms. The van der Waals surface area contributed by atoms with Gasteiger partial charge in [0.15, 0.2) is 0 Å². The van der Waals surface area contributed by atoms with Crippen molar-refractivity contribution < 1.29 is 19.4 Å². The van der Waals surface area contributed by atoms with Crippen molar-refractivity contribution in [1.29, 1.82) is 0 Å². The molecule has 1 aliphatic heterocycles. The van der Waals surface area contributed by atoms with Crippen LogP contribution in [0.4, 0.5) is 5.69 Å². The van der Waals surface area contributed by atoms with Gasteiger partial charge in [-0.25, -0.2) is 0 Å². The fourth-order valence-electron chi connectivity index (χ4n) is 4.24. The molecule has 0 bridgehead atoms. The number of aliphatic hydroxyl groups excluding tert-OH is 1. The first-order valence-electron chi connectivity index (χ1n) is 10.9. The lowest BCUT2D eigenvalue weighted by Gasteiger charge is -2.25. The molecule has 1 saturated heterocycles. The summed E-state index contributed by atoms with van der Waals surface area (Å²) >= 11 is 6.04. The number of amides is 1. The molecule has 0 saturated carbocycles. The molecule has 2 aromatic carbocycles. The molecular formula is C27H25ClN2O4. The number of aryl methyl sites for hydroxylation is 1. The van der Waals surface area contributed by atoms with Crippen molar-refractivity contribution in [3.8, 4) is 5.75 Å². The van der Waals surface area contributed by atoms with Gasteiger partial charge in [-0.15, -0.1) is 0 Å². The molecule has 0 aliphatic carbocycles. The average molecular weight is 477 g/mol. The van der Waals surface area contributed by atoms with Gasteiger partial charge in [0.25, 0.3) is 11.7 Å². The van der Waals surface area contributed by atoms with E-state index < -0.39 is 17.7 Å². The Hall–Kier alpha value is -3.64. The van der Waals surface area contributed by atoms with Crippen molar-refractivity contribution >= 4 is 34.7 Å². The van der Waals surface area contributed by atoms with Crippen LogP contribution in [0.25, 0.3) is 5.76 Å². The van der Waals surface area contributed by atoms with Gasteiger partial charge in [0.1, 0.15) is 17.6 Å². The van der Waals surface area contributed by atoms with E-state index >= 15 is 0 Å². The van der Waals surface area contributed by atoms with Gasteiger partial charge in [-0.2, -0.15) is 0 Å². The van der Waals surface area contributed by atoms with E-state index in [9.17, 15) is 14.7 Å². The standard InChI is InChI=1S/C27H25ClN2O4/c1-15(2)19-14-20(16(3)13-22(19)34-4)25(31)23-24(21-7-5-6-12-29-21)30(27(33)26(23)32)18-10-8-17(28)9-11-18/h5-15,24,31H,1-4H3/b25-23+. The molecule has 3 aromatic rings. The molecule has 2 heterocycles. The topological polar surface area (TPSA) is 79.7 Å². The van der Waals surface area contributed by atoms with Crippen LogP contribution in [-0.4, -0.2) is 28.9 Å². The van der Waals surface area contributed by atoms with Gasteiger partial charge in [-0.05, 0) is 72.5 Å². The van der Waals surface area contributed by atoms with Crippen molar-refractivity contribution in [1.82, 2.24) is 4.98 Å². The Morgan fingerprint density at radius 2 is 1.82 bits per heavy atom. The van der Waals surface area contributed by atoms with Gasteiger partial charge in [-0.1, -0.05) is 31.5 Å². The third kappa shape index (κ3) is 4.05. The Morgan fingerprint density at radius 3 is 2.41 bits per heavy atom. The number of aromatic nitrogens is 1. The maximum Gasteiger partial charge on any atom is 0.300 e. The number of methoxy groups -OCH3 is 1. The van der Waals surface area contributed by atoms with E-state index in [0.717, 1.165) is 11.1 Å². The number of carbonyl (C=O) groups is 2. The predicted octanol–water partition coefficient (Wildman–Crippen LogP) is 5.80. The second kappa shape index (κ2) is 9.31. The average Bonchev–Trinajstić information content (AvgIpc) is 3.09. The number of hydrogen-bond donors (Lipinski definition) is 1. The Labute approximate surface area is 203 Å². The van der Waals surface area contributed by atoms with Crippen LogP contribution in [-0.2, 0) is 9.59 Å². The van der Waals surface area contributed by atoms with Crippen molar-refractivity contribution in [2.45, 2.75) is 32.7 Å². The number of nitrogens with zero attached hydrogens (tertiary/aromatic N) is 2. The summed E-state index contributed by atoms with van der Waals surface area (Å²) < 4.78 is 5.51. The predicted molar refractivity (Wildman–Crippen MR) is 132 cm³/mol. The van der Waals surface area contributed by atoms with Crippen LogP contribution in [0.5, 0.6) is 5.75 Å². The summed E-state index contributed by atoms with van der Waals surface area (Å²) in [6.07, 6.45) is 1.59. The fourth-order valence-corrected chi connectivity index (χ4v) is 4.37. The molecule has 7 heteroatoms. The normalized spacial score (nSPS) is 17.5. The third-order valence-electron chi connectivity index (χ3n) is 5.97. The first-order chi connectivity index (χ1) is 16.2. The third-order valence-corrected chi connectivity index (χ3v) is 6.22. The first-order valence-corrected chi connectivity index (χ1v) is 11.3. The lowest BCUT2D eigenvalue weighted by atomic mass is 9.92. The molecule has 1 N–H and O–H groups in total. The fraction of sp³-hybridized carbons (Fsp3) is 0.222. The Balaban J connectivity index is 1.97. The summed E-state index contributed by atoms with van der Waals surface area (Å²) in [6, 6.07) is 14.6. The van der Waals surface area contributed by atoms with Crippen LogP contribution in [0, 0.1) is 6.92 Å². The summed E-state index contributed by atoms with van der Waals surface area (Å²) in [5.41, 5.74) is 3.01. The zero-order valence-corrected chi connectivity index (χ0v) is 20.1. The van der Waals surface area contributed by atoms with Gasteiger partial charge < -0.3 is 9.84 Å². The van der Waals surface area contributed by atoms with Crippen LogP contribution in [0.2, 0.25) is 5.02 Å². The maximum atomic E-state index is 13.3. The van der Waals surface area contributed by atoms with Gasteiger partial charge in [0.2, 0.25) is 0 Å². The summed E-state index contributed by atoms with van der Waals surface area (Å²) in [5.74, 6) is -0.941. The Kier molecular flexibility index (Phi) is 6.44. The highest BCUT2D eigenvalue weighted by Gasteiger charge is 2.47. The molecule has 0 radical (unpaired) electrons. The number of aliphatic hydroxyl groups is 1. The number of carbonyl (C=O) groups excluding carboxylic acids is 2. The van der Waals surface area contributed by atoms with Crippen LogP contribution < -0.4 is 9.64 Å². The Bertz CT molecular complexity index is 1280. The molecule has 1 aromatic heterocycles. The highest BCUT2D eigenvalue weighted by Crippen LogP contribution is 2.43. The molecule has 1 aliphatic rings. The van der Waals surface area contributed by atoms with Crippen LogP contribution in [0.1, 0.15) is 48.2 Å². The lowest BCUT2D eigenvalue weighted by Crippen LogP contribution is -2.29. The van der Waals surface area contributed by atoms with Gasteiger partial charge in [0.05, 0.1) is 18.4 Å². The van der Waals surface area contributed by atoms with Crippen molar-refractivity contribution in [2.24, 2.45) is 0 Å². The lowest BCUT2D eigenvalue weighted by molar-refractivity contribution is -0.132. The summed E-state index contributed by atoms with van der Waals surface area (Å²) in [6.45, 7) is 5.86. The van der Waals surface area contributed by atoms with E-state index in [1.807, 2.05) is 32.9 Å².